The standard InChI is InChI=1S/C14H24N4O3S.HI/c1-3-16-14(18-10-11-22(15,19)20)17-9-8-12-4-6-13(21-2)7-5-12;/h4-7H,3,8-11H2,1-2H3,(H2,15,19,20)(H2,16,17,18);1H. The van der Waals surface area contributed by atoms with Gasteiger partial charge in [0.2, 0.25) is 10.0 Å². The number of benzene rings is 1. The van der Waals surface area contributed by atoms with Gasteiger partial charge in [0.05, 0.1) is 19.4 Å². The van der Waals surface area contributed by atoms with E-state index in [4.69, 9.17) is 9.88 Å². The summed E-state index contributed by atoms with van der Waals surface area (Å²) >= 11 is 0. The van der Waals surface area contributed by atoms with E-state index in [1.807, 2.05) is 31.2 Å². The van der Waals surface area contributed by atoms with E-state index in [1.165, 1.54) is 5.56 Å². The normalized spacial score (nSPS) is 11.5. The SMILES string of the molecule is CCNC(=NCCS(N)(=O)=O)NCCc1ccc(OC)cc1.I. The Labute approximate surface area is 155 Å². The van der Waals surface area contributed by atoms with Crippen LogP contribution in [0, 0.1) is 0 Å². The van der Waals surface area contributed by atoms with Crippen molar-refractivity contribution in [2.45, 2.75) is 13.3 Å². The fourth-order valence-electron chi connectivity index (χ4n) is 1.74. The Hall–Kier alpha value is -1.07. The van der Waals surface area contributed by atoms with E-state index < -0.39 is 10.0 Å². The van der Waals surface area contributed by atoms with Crippen molar-refractivity contribution in [3.63, 3.8) is 0 Å². The van der Waals surface area contributed by atoms with Gasteiger partial charge in [0.1, 0.15) is 5.75 Å². The zero-order valence-electron chi connectivity index (χ0n) is 13.4. The van der Waals surface area contributed by atoms with Crippen LogP contribution in [0.25, 0.3) is 0 Å². The predicted octanol–water partition coefficient (Wildman–Crippen LogP) is 0.699. The minimum atomic E-state index is -3.48. The third-order valence-electron chi connectivity index (χ3n) is 2.86. The van der Waals surface area contributed by atoms with Crippen molar-refractivity contribution >= 4 is 40.0 Å². The lowest BCUT2D eigenvalue weighted by Gasteiger charge is -2.11. The molecular formula is C14H25IN4O3S. The van der Waals surface area contributed by atoms with Crippen LogP contribution in [0.1, 0.15) is 12.5 Å². The van der Waals surface area contributed by atoms with Crippen molar-refractivity contribution < 1.29 is 13.2 Å². The molecule has 0 spiro atoms. The molecule has 0 aromatic heterocycles. The highest BCUT2D eigenvalue weighted by Crippen LogP contribution is 2.11. The largest absolute Gasteiger partial charge is 0.497 e. The molecule has 0 saturated heterocycles. The second kappa shape index (κ2) is 11.5. The first kappa shape index (κ1) is 21.9. The molecule has 1 aromatic carbocycles. The third kappa shape index (κ3) is 10.3. The van der Waals surface area contributed by atoms with E-state index in [0.29, 0.717) is 19.0 Å². The molecule has 0 unspecified atom stereocenters. The first-order valence-corrected chi connectivity index (χ1v) is 8.81. The number of primary sulfonamides is 1. The summed E-state index contributed by atoms with van der Waals surface area (Å²) in [6.45, 7) is 3.47. The van der Waals surface area contributed by atoms with Crippen LogP contribution in [0.15, 0.2) is 29.3 Å². The first-order chi connectivity index (χ1) is 10.4. The molecule has 0 saturated carbocycles. The number of methoxy groups -OCH3 is 1. The van der Waals surface area contributed by atoms with Gasteiger partial charge in [-0.25, -0.2) is 13.6 Å². The maximum atomic E-state index is 10.9. The topological polar surface area (TPSA) is 106 Å². The highest BCUT2D eigenvalue weighted by molar-refractivity contribution is 14.0. The number of aliphatic imine (C=N–C) groups is 1. The van der Waals surface area contributed by atoms with Gasteiger partial charge in [-0.1, -0.05) is 12.1 Å². The maximum absolute atomic E-state index is 10.9. The first-order valence-electron chi connectivity index (χ1n) is 7.10. The molecular weight excluding hydrogens is 431 g/mol. The molecule has 0 atom stereocenters. The van der Waals surface area contributed by atoms with E-state index in [1.54, 1.807) is 7.11 Å². The molecule has 7 nitrogen and oxygen atoms in total. The quantitative estimate of drug-likeness (QED) is 0.304. The molecule has 0 aliphatic heterocycles. The number of nitrogens with zero attached hydrogens (tertiary/aromatic N) is 1. The molecule has 0 aliphatic rings. The molecule has 1 aromatic rings. The van der Waals surface area contributed by atoms with E-state index in [2.05, 4.69) is 15.6 Å². The number of halogens is 1. The maximum Gasteiger partial charge on any atom is 0.210 e. The van der Waals surface area contributed by atoms with Gasteiger partial charge in [-0.3, -0.25) is 4.99 Å². The fourth-order valence-corrected chi connectivity index (χ4v) is 2.09. The predicted molar refractivity (Wildman–Crippen MR) is 104 cm³/mol. The third-order valence-corrected chi connectivity index (χ3v) is 3.61. The van der Waals surface area contributed by atoms with E-state index in [0.717, 1.165) is 12.2 Å². The van der Waals surface area contributed by atoms with E-state index in [9.17, 15) is 8.42 Å². The Balaban J connectivity index is 0.00000484. The number of guanidine groups is 1. The lowest BCUT2D eigenvalue weighted by atomic mass is 10.1. The number of rotatable bonds is 8. The summed E-state index contributed by atoms with van der Waals surface area (Å²) in [6, 6.07) is 7.85. The number of sulfonamides is 1. The van der Waals surface area contributed by atoms with Crippen molar-refractivity contribution in [1.82, 2.24) is 10.6 Å². The summed E-state index contributed by atoms with van der Waals surface area (Å²) in [5.41, 5.74) is 1.17. The van der Waals surface area contributed by atoms with Crippen LogP contribution in [0.4, 0.5) is 0 Å². The van der Waals surface area contributed by atoms with Gasteiger partial charge in [-0.2, -0.15) is 0 Å². The van der Waals surface area contributed by atoms with E-state index >= 15 is 0 Å². The zero-order valence-corrected chi connectivity index (χ0v) is 16.6. The van der Waals surface area contributed by atoms with Gasteiger partial charge in [0.15, 0.2) is 5.96 Å². The van der Waals surface area contributed by atoms with Crippen molar-refractivity contribution in [3.05, 3.63) is 29.8 Å². The molecule has 1 rings (SSSR count). The molecule has 0 heterocycles. The van der Waals surface area contributed by atoms with Gasteiger partial charge in [0, 0.05) is 13.1 Å². The van der Waals surface area contributed by atoms with Crippen LogP contribution in [0.5, 0.6) is 5.75 Å². The summed E-state index contributed by atoms with van der Waals surface area (Å²) in [5.74, 6) is 1.25. The van der Waals surface area contributed by atoms with E-state index in [-0.39, 0.29) is 36.3 Å². The zero-order chi connectivity index (χ0) is 16.4. The lowest BCUT2D eigenvalue weighted by molar-refractivity contribution is 0.414. The second-order valence-corrected chi connectivity index (χ2v) is 6.39. The minimum Gasteiger partial charge on any atom is -0.497 e. The fraction of sp³-hybridized carbons (Fsp3) is 0.500. The number of ether oxygens (including phenoxy) is 1. The van der Waals surface area contributed by atoms with Crippen LogP contribution < -0.4 is 20.5 Å². The second-order valence-electron chi connectivity index (χ2n) is 4.65. The van der Waals surface area contributed by atoms with Crippen LogP contribution >= 0.6 is 24.0 Å². The molecule has 0 aliphatic carbocycles. The van der Waals surface area contributed by atoms with Crippen LogP contribution in [0.3, 0.4) is 0 Å². The highest BCUT2D eigenvalue weighted by atomic mass is 127. The smallest absolute Gasteiger partial charge is 0.210 e. The number of hydrogen-bond acceptors (Lipinski definition) is 4. The Morgan fingerprint density at radius 2 is 1.91 bits per heavy atom. The molecule has 132 valence electrons. The summed E-state index contributed by atoms with van der Waals surface area (Å²) in [5, 5.41) is 11.2. The Bertz CT molecular complexity index is 576. The van der Waals surface area contributed by atoms with Crippen LogP contribution in [-0.2, 0) is 16.4 Å². The average molecular weight is 456 g/mol. The van der Waals surface area contributed by atoms with Gasteiger partial charge in [-0.15, -0.1) is 24.0 Å². The lowest BCUT2D eigenvalue weighted by Crippen LogP contribution is -2.38. The van der Waals surface area contributed by atoms with Crippen molar-refractivity contribution in [1.29, 1.82) is 0 Å². The number of hydrogen-bond donors (Lipinski definition) is 3. The number of nitrogens with one attached hydrogen (secondary N) is 2. The Kier molecular flexibility index (Phi) is 10.9. The highest BCUT2D eigenvalue weighted by Gasteiger charge is 2.02. The molecule has 9 heteroatoms. The number of nitrogens with two attached hydrogens (primary N) is 1. The van der Waals surface area contributed by atoms with Crippen LogP contribution in [-0.4, -0.2) is 46.9 Å². The monoisotopic (exact) mass is 456 g/mol. The molecule has 0 fully saturated rings. The summed E-state index contributed by atoms with van der Waals surface area (Å²) in [4.78, 5) is 4.17. The minimum absolute atomic E-state index is 0. The molecule has 0 bridgehead atoms. The Morgan fingerprint density at radius 1 is 1.26 bits per heavy atom. The molecule has 23 heavy (non-hydrogen) atoms. The van der Waals surface area contributed by atoms with Gasteiger partial charge in [-0.05, 0) is 31.0 Å². The molecule has 0 radical (unpaired) electrons. The van der Waals surface area contributed by atoms with Crippen molar-refractivity contribution in [2.75, 3.05) is 32.5 Å². The molecule has 0 amide bonds. The average Bonchev–Trinajstić information content (AvgIpc) is 2.46. The van der Waals surface area contributed by atoms with Gasteiger partial charge in [0.25, 0.3) is 0 Å². The van der Waals surface area contributed by atoms with Crippen LogP contribution in [0.2, 0.25) is 0 Å². The van der Waals surface area contributed by atoms with Gasteiger partial charge >= 0.3 is 0 Å². The van der Waals surface area contributed by atoms with Gasteiger partial charge < -0.3 is 15.4 Å². The van der Waals surface area contributed by atoms with Crippen molar-refractivity contribution in [3.8, 4) is 5.75 Å². The summed E-state index contributed by atoms with van der Waals surface area (Å²) in [7, 11) is -1.84. The summed E-state index contributed by atoms with van der Waals surface area (Å²) in [6.07, 6.45) is 0.823. The summed E-state index contributed by atoms with van der Waals surface area (Å²) < 4.78 is 26.9. The molecule has 4 N–H and O–H groups in total. The Morgan fingerprint density at radius 3 is 2.43 bits per heavy atom. The van der Waals surface area contributed by atoms with Crippen molar-refractivity contribution in [2.24, 2.45) is 10.1 Å².